The maximum absolute atomic E-state index is 15.8. The van der Waals surface area contributed by atoms with Crippen LogP contribution in [0.15, 0.2) is 130 Å². The zero-order chi connectivity index (χ0) is 55.0. The molecule has 3 aliphatic rings. The fraction of sp³-hybridized carbons (Fsp3) is 0.382. The van der Waals surface area contributed by atoms with E-state index in [1.165, 1.54) is 40.7 Å². The number of sulfone groups is 2. The van der Waals surface area contributed by atoms with Crippen LogP contribution in [0.3, 0.4) is 0 Å². The number of nitrogens with zero attached hydrogens (tertiary/aromatic N) is 5. The normalized spacial score (nSPS) is 18.6. The molecule has 3 saturated heterocycles. The number of hydrogen-bond donors (Lipinski definition) is 2. The lowest BCUT2D eigenvalue weighted by molar-refractivity contribution is -0.0435. The third-order valence-corrected chi connectivity index (χ3v) is 21.1. The quantitative estimate of drug-likeness (QED) is 0.0508. The van der Waals surface area contributed by atoms with Gasteiger partial charge in [-0.15, -0.1) is 11.8 Å². The molecule has 13 nitrogen and oxygen atoms in total. The van der Waals surface area contributed by atoms with E-state index in [9.17, 15) is 39.7 Å². The highest BCUT2D eigenvalue weighted by molar-refractivity contribution is 7.99. The summed E-state index contributed by atoms with van der Waals surface area (Å²) in [6.07, 6.45) is 2.47. The van der Waals surface area contributed by atoms with Crippen molar-refractivity contribution in [2.75, 3.05) is 90.8 Å². The number of aromatic nitrogens is 1. The molecule has 6 aromatic rings. The fourth-order valence-electron chi connectivity index (χ4n) is 10.6. The molecule has 412 valence electrons. The number of thioether (sulfide) groups is 1. The van der Waals surface area contributed by atoms with E-state index in [-0.39, 0.29) is 41.2 Å². The molecule has 0 unspecified atom stereocenters. The van der Waals surface area contributed by atoms with Crippen LogP contribution in [0.1, 0.15) is 44.8 Å². The number of aliphatic hydroxyl groups is 1. The number of hydrogen-bond acceptors (Lipinski definition) is 12. The molecular formula is C55H62ClF4N6O7PS3. The first-order valence-corrected chi connectivity index (χ1v) is 31.8. The highest BCUT2D eigenvalue weighted by Gasteiger charge is 2.49. The Morgan fingerprint density at radius 3 is 2.06 bits per heavy atom. The van der Waals surface area contributed by atoms with Gasteiger partial charge >= 0.3 is 13.0 Å². The zero-order valence-electron chi connectivity index (χ0n) is 43.1. The molecule has 0 spiro atoms. The Labute approximate surface area is 457 Å². The van der Waals surface area contributed by atoms with Gasteiger partial charge in [0.05, 0.1) is 40.8 Å². The highest BCUT2D eigenvalue weighted by Crippen LogP contribution is 2.56. The summed E-state index contributed by atoms with van der Waals surface area (Å²) in [6, 6.07) is 31.2. The summed E-state index contributed by atoms with van der Waals surface area (Å²) in [4.78, 5) is 6.37. The van der Waals surface area contributed by atoms with Gasteiger partial charge in [-0.3, -0.25) is 9.24 Å². The van der Waals surface area contributed by atoms with Crippen LogP contribution >= 0.6 is 30.9 Å². The van der Waals surface area contributed by atoms with Crippen LogP contribution in [-0.4, -0.2) is 120 Å². The van der Waals surface area contributed by atoms with Gasteiger partial charge in [0.25, 0.3) is 9.84 Å². The lowest BCUT2D eigenvalue weighted by Gasteiger charge is -2.37. The van der Waals surface area contributed by atoms with Crippen LogP contribution in [0.5, 0.6) is 0 Å². The minimum absolute atomic E-state index is 0.0301. The van der Waals surface area contributed by atoms with Crippen LogP contribution in [0.2, 0.25) is 5.02 Å². The van der Waals surface area contributed by atoms with Crippen molar-refractivity contribution in [3.05, 3.63) is 132 Å². The van der Waals surface area contributed by atoms with E-state index in [2.05, 4.69) is 15.1 Å². The summed E-state index contributed by atoms with van der Waals surface area (Å²) in [7, 11) is -13.9. The molecule has 0 aliphatic carbocycles. The lowest BCUT2D eigenvalue weighted by Crippen LogP contribution is -2.46. The number of benzene rings is 5. The van der Waals surface area contributed by atoms with Crippen LogP contribution in [0.4, 0.5) is 40.3 Å². The molecule has 3 fully saturated rings. The standard InChI is InChI=1S/C55H62ClF4N6O7PS3/c1-37(2)66-38(3)54(76(4,69)70)52(53(66)39-10-12-41(56)13-11-39)40-32-42(57)34-46(33-40)64-28-26-63(27-29-64)44-14-16-45(17-15-44)65-30-31-73-74(65,68)48-18-19-50(51(35-48)77(71,72)55(58,59)60)61-43(36-75-49-8-6-5-7-9-49)20-23-62-24-21-47(67)22-25-62/h5-19,32-35,37,43,47,61,67H,20-31,36H2,1-4H3/t43-,74+/m1/s1. The van der Waals surface area contributed by atoms with Crippen molar-refractivity contribution in [2.24, 2.45) is 0 Å². The molecule has 1 aromatic heterocycles. The van der Waals surface area contributed by atoms with Crippen molar-refractivity contribution in [3.63, 3.8) is 0 Å². The van der Waals surface area contributed by atoms with Gasteiger partial charge in [0.15, 0.2) is 9.84 Å². The predicted molar refractivity (Wildman–Crippen MR) is 300 cm³/mol. The Balaban J connectivity index is 0.938. The van der Waals surface area contributed by atoms with Crippen molar-refractivity contribution in [1.29, 1.82) is 0 Å². The number of aliphatic hydroxyl groups excluding tert-OH is 1. The van der Waals surface area contributed by atoms with Crippen molar-refractivity contribution in [1.82, 2.24) is 9.47 Å². The number of halogens is 5. The predicted octanol–water partition coefficient (Wildman–Crippen LogP) is 11.3. The van der Waals surface area contributed by atoms with Gasteiger partial charge in [0.1, 0.15) is 10.7 Å². The first kappa shape index (κ1) is 56.7. The van der Waals surface area contributed by atoms with Gasteiger partial charge in [-0.1, -0.05) is 41.9 Å². The second kappa shape index (κ2) is 23.0. The van der Waals surface area contributed by atoms with Gasteiger partial charge in [0.2, 0.25) is 0 Å². The van der Waals surface area contributed by atoms with Crippen molar-refractivity contribution < 1.29 is 48.6 Å². The maximum Gasteiger partial charge on any atom is 0.501 e. The topological polar surface area (TPSA) is 145 Å². The van der Waals surface area contributed by atoms with E-state index in [4.69, 9.17) is 16.1 Å². The van der Waals surface area contributed by atoms with Crippen molar-refractivity contribution >= 4 is 78.6 Å². The van der Waals surface area contributed by atoms with Gasteiger partial charge < -0.3 is 34.2 Å². The Bertz CT molecular complexity index is 3360. The summed E-state index contributed by atoms with van der Waals surface area (Å²) in [5.41, 5.74) is -1.31. The maximum atomic E-state index is 15.8. The second-order valence-corrected chi connectivity index (χ2v) is 27.7. The van der Waals surface area contributed by atoms with E-state index < -0.39 is 49.5 Å². The minimum atomic E-state index is -5.96. The van der Waals surface area contributed by atoms with Gasteiger partial charge in [-0.05, 0) is 136 Å². The summed E-state index contributed by atoms with van der Waals surface area (Å²) in [5, 5.41) is 13.5. The Morgan fingerprint density at radius 1 is 0.805 bits per heavy atom. The first-order chi connectivity index (χ1) is 36.5. The smallest absolute Gasteiger partial charge is 0.393 e. The zero-order valence-corrected chi connectivity index (χ0v) is 47.2. The van der Waals surface area contributed by atoms with E-state index in [0.717, 1.165) is 28.5 Å². The van der Waals surface area contributed by atoms with E-state index in [1.54, 1.807) is 31.2 Å². The third kappa shape index (κ3) is 12.2. The minimum Gasteiger partial charge on any atom is -0.393 e. The molecule has 9 rings (SSSR count). The van der Waals surface area contributed by atoms with E-state index >= 15 is 4.39 Å². The molecule has 4 heterocycles. The van der Waals surface area contributed by atoms with Crippen molar-refractivity contribution in [3.8, 4) is 22.4 Å². The van der Waals surface area contributed by atoms with Crippen LogP contribution in [-0.2, 0) is 28.8 Å². The number of piperazine rings is 1. The summed E-state index contributed by atoms with van der Waals surface area (Å²) in [6.45, 7) is 9.70. The third-order valence-electron chi connectivity index (χ3n) is 14.4. The summed E-state index contributed by atoms with van der Waals surface area (Å²) >= 11 is 7.75. The molecule has 77 heavy (non-hydrogen) atoms. The molecule has 0 radical (unpaired) electrons. The first-order valence-electron chi connectivity index (χ1n) is 25.5. The molecule has 0 saturated carbocycles. The number of anilines is 4. The molecule has 22 heteroatoms. The van der Waals surface area contributed by atoms with Crippen LogP contribution in [0, 0.1) is 12.7 Å². The number of alkyl halides is 3. The summed E-state index contributed by atoms with van der Waals surface area (Å²) < 4.78 is 138. The Hall–Kier alpha value is -5.05. The number of rotatable bonds is 17. The average Bonchev–Trinajstić information content (AvgIpc) is 4.15. The number of likely N-dealkylation sites (tertiary alicyclic amines) is 1. The Kier molecular flexibility index (Phi) is 16.9. The van der Waals surface area contributed by atoms with Crippen LogP contribution in [0.25, 0.3) is 22.4 Å². The van der Waals surface area contributed by atoms with E-state index in [1.807, 2.05) is 84.0 Å². The second-order valence-electron chi connectivity index (χ2n) is 20.0. The fourth-order valence-corrected chi connectivity index (χ4v) is 16.2. The SMILES string of the molecule is Cc1c(S(C)(=O)=O)c(-c2cc(F)cc(N3CCN(c4ccc(N5CCO[P@@]5(=O)c5ccc(N[C@H](CCN6CCC(O)CC6)CSc6ccccc6)c(S(=O)(=O)C(F)(F)F)c5)cc4)CC3)c2)c(-c2ccc(Cl)cc2)n1C(C)C. The molecule has 2 N–H and O–H groups in total. The van der Waals surface area contributed by atoms with Gasteiger partial charge in [0, 0.05) is 108 Å². The average molecular weight is 1160 g/mol. The molecule has 3 aliphatic heterocycles. The van der Waals surface area contributed by atoms with E-state index in [0.29, 0.717) is 110 Å². The molecule has 2 atom stereocenters. The molecular weight excluding hydrogens is 1100 g/mol. The van der Waals surface area contributed by atoms with Crippen molar-refractivity contribution in [2.45, 2.75) is 78.4 Å². The molecule has 5 aromatic carbocycles. The number of piperidine rings is 1. The largest absolute Gasteiger partial charge is 0.501 e. The highest BCUT2D eigenvalue weighted by atomic mass is 35.5. The van der Waals surface area contributed by atoms with Gasteiger partial charge in [-0.25, -0.2) is 21.2 Å². The van der Waals surface area contributed by atoms with Gasteiger partial charge in [-0.2, -0.15) is 13.2 Å². The lowest BCUT2D eigenvalue weighted by atomic mass is 9.99. The Morgan fingerprint density at radius 2 is 1.44 bits per heavy atom. The molecule has 0 bridgehead atoms. The molecule has 0 amide bonds. The summed E-state index contributed by atoms with van der Waals surface area (Å²) in [5.74, 6) is -0.121. The van der Waals surface area contributed by atoms with Crippen LogP contribution < -0.4 is 25.1 Å². The number of nitrogens with one attached hydrogen (secondary N) is 1. The monoisotopic (exact) mass is 1160 g/mol.